The number of rotatable bonds is 7. The summed E-state index contributed by atoms with van der Waals surface area (Å²) < 4.78 is 11.8. The van der Waals surface area contributed by atoms with Gasteiger partial charge in [-0.05, 0) is 32.7 Å². The van der Waals surface area contributed by atoms with Crippen molar-refractivity contribution in [3.05, 3.63) is 0 Å². The summed E-state index contributed by atoms with van der Waals surface area (Å²) in [7, 11) is 0. The van der Waals surface area contributed by atoms with E-state index in [0.717, 1.165) is 12.8 Å². The number of alkyl halides is 1. The highest BCUT2D eigenvalue weighted by Gasteiger charge is 2.19. The minimum absolute atomic E-state index is 0.0239. The van der Waals surface area contributed by atoms with E-state index in [-0.39, 0.29) is 18.8 Å². The van der Waals surface area contributed by atoms with Crippen LogP contribution in [0.25, 0.3) is 0 Å². The Morgan fingerprint density at radius 1 is 1.50 bits per heavy atom. The Hall–Kier alpha value is -0.150. The van der Waals surface area contributed by atoms with Gasteiger partial charge < -0.3 is 10.4 Å². The van der Waals surface area contributed by atoms with Gasteiger partial charge in [-0.2, -0.15) is 0 Å². The van der Waals surface area contributed by atoms with Crippen LogP contribution in [0.2, 0.25) is 0 Å². The van der Waals surface area contributed by atoms with Crippen LogP contribution in [0.5, 0.6) is 0 Å². The quantitative estimate of drug-likeness (QED) is 0.577. The van der Waals surface area contributed by atoms with Gasteiger partial charge in [0.15, 0.2) is 0 Å². The molecule has 3 heteroatoms. The van der Waals surface area contributed by atoms with E-state index in [9.17, 15) is 4.39 Å². The van der Waals surface area contributed by atoms with E-state index in [4.69, 9.17) is 5.11 Å². The molecule has 0 rings (SSSR count). The summed E-state index contributed by atoms with van der Waals surface area (Å²) in [4.78, 5) is 0. The van der Waals surface area contributed by atoms with Gasteiger partial charge in [0.2, 0.25) is 0 Å². The third kappa shape index (κ3) is 4.67. The van der Waals surface area contributed by atoms with Crippen LogP contribution in [0, 0.1) is 0 Å². The standard InChI is InChI=1S/C9H20FNO/c1-3-9(2,5-8-12)11-7-4-6-10/h11-12H,3-8H2,1-2H3. The molecule has 0 aliphatic carbocycles. The summed E-state index contributed by atoms with van der Waals surface area (Å²) >= 11 is 0. The molecule has 0 spiro atoms. The lowest BCUT2D eigenvalue weighted by Gasteiger charge is -2.28. The summed E-state index contributed by atoms with van der Waals surface area (Å²) in [5, 5.41) is 12.0. The van der Waals surface area contributed by atoms with E-state index in [1.54, 1.807) is 0 Å². The van der Waals surface area contributed by atoms with Crippen LogP contribution in [-0.2, 0) is 0 Å². The molecule has 0 aromatic rings. The molecule has 0 aliphatic heterocycles. The first-order valence-electron chi connectivity index (χ1n) is 4.60. The topological polar surface area (TPSA) is 32.3 Å². The Bertz CT molecular complexity index is 111. The van der Waals surface area contributed by atoms with Crippen LogP contribution >= 0.6 is 0 Å². The lowest BCUT2D eigenvalue weighted by molar-refractivity contribution is 0.214. The second kappa shape index (κ2) is 6.38. The van der Waals surface area contributed by atoms with Crippen molar-refractivity contribution in [2.45, 2.75) is 38.6 Å². The largest absolute Gasteiger partial charge is 0.396 e. The van der Waals surface area contributed by atoms with Crippen molar-refractivity contribution in [1.82, 2.24) is 5.32 Å². The van der Waals surface area contributed by atoms with E-state index in [2.05, 4.69) is 19.2 Å². The smallest absolute Gasteiger partial charge is 0.0906 e. The van der Waals surface area contributed by atoms with Crippen LogP contribution in [0.4, 0.5) is 4.39 Å². The second-order valence-electron chi connectivity index (χ2n) is 3.36. The zero-order chi connectivity index (χ0) is 9.45. The van der Waals surface area contributed by atoms with Gasteiger partial charge in [0.1, 0.15) is 0 Å². The fraction of sp³-hybridized carbons (Fsp3) is 1.00. The van der Waals surface area contributed by atoms with Gasteiger partial charge >= 0.3 is 0 Å². The minimum Gasteiger partial charge on any atom is -0.396 e. The van der Waals surface area contributed by atoms with Crippen molar-refractivity contribution in [2.24, 2.45) is 0 Å². The molecule has 0 saturated carbocycles. The maximum absolute atomic E-state index is 11.8. The molecule has 0 heterocycles. The summed E-state index contributed by atoms with van der Waals surface area (Å²) in [5.74, 6) is 0. The highest BCUT2D eigenvalue weighted by molar-refractivity contribution is 4.80. The molecule has 0 amide bonds. The number of halogens is 1. The van der Waals surface area contributed by atoms with Crippen molar-refractivity contribution in [3.8, 4) is 0 Å². The van der Waals surface area contributed by atoms with E-state index in [1.807, 2.05) is 0 Å². The summed E-state index contributed by atoms with van der Waals surface area (Å²) in [5.41, 5.74) is -0.0239. The Labute approximate surface area is 74.2 Å². The van der Waals surface area contributed by atoms with Crippen molar-refractivity contribution in [2.75, 3.05) is 19.8 Å². The van der Waals surface area contributed by atoms with Gasteiger partial charge in [0.05, 0.1) is 6.67 Å². The Kier molecular flexibility index (Phi) is 6.30. The Balaban J connectivity index is 3.63. The van der Waals surface area contributed by atoms with Crippen LogP contribution in [-0.4, -0.2) is 30.5 Å². The van der Waals surface area contributed by atoms with Crippen molar-refractivity contribution < 1.29 is 9.50 Å². The molecule has 0 aliphatic rings. The Morgan fingerprint density at radius 3 is 2.58 bits per heavy atom. The highest BCUT2D eigenvalue weighted by Crippen LogP contribution is 2.13. The minimum atomic E-state index is -0.272. The predicted molar refractivity (Wildman–Crippen MR) is 49.0 cm³/mol. The number of nitrogens with one attached hydrogen (secondary N) is 1. The van der Waals surface area contributed by atoms with Gasteiger partial charge in [-0.1, -0.05) is 6.92 Å². The lowest BCUT2D eigenvalue weighted by atomic mass is 9.95. The van der Waals surface area contributed by atoms with E-state index in [1.165, 1.54) is 0 Å². The lowest BCUT2D eigenvalue weighted by Crippen LogP contribution is -2.43. The molecule has 0 aromatic heterocycles. The number of aliphatic hydroxyl groups excluding tert-OH is 1. The van der Waals surface area contributed by atoms with Gasteiger partial charge in [-0.25, -0.2) is 0 Å². The average molecular weight is 177 g/mol. The molecular formula is C9H20FNO. The summed E-state index contributed by atoms with van der Waals surface area (Å²) in [6.45, 7) is 4.74. The van der Waals surface area contributed by atoms with Crippen LogP contribution in [0.1, 0.15) is 33.1 Å². The van der Waals surface area contributed by atoms with Crippen LogP contribution in [0.3, 0.4) is 0 Å². The first-order chi connectivity index (χ1) is 5.68. The number of aliphatic hydroxyl groups is 1. The first kappa shape index (κ1) is 11.8. The summed E-state index contributed by atoms with van der Waals surface area (Å²) in [6.07, 6.45) is 2.25. The second-order valence-corrected chi connectivity index (χ2v) is 3.36. The third-order valence-electron chi connectivity index (χ3n) is 2.31. The van der Waals surface area contributed by atoms with Crippen molar-refractivity contribution >= 4 is 0 Å². The SMILES string of the molecule is CCC(C)(CCO)NCCCF. The highest BCUT2D eigenvalue weighted by atomic mass is 19.1. The maximum Gasteiger partial charge on any atom is 0.0906 e. The fourth-order valence-electron chi connectivity index (χ4n) is 1.09. The van der Waals surface area contributed by atoms with Crippen LogP contribution in [0.15, 0.2) is 0 Å². The molecule has 2 nitrogen and oxygen atoms in total. The predicted octanol–water partition coefficient (Wildman–Crippen LogP) is 1.49. The average Bonchev–Trinajstić information content (AvgIpc) is 2.06. The van der Waals surface area contributed by atoms with Crippen molar-refractivity contribution in [1.29, 1.82) is 0 Å². The van der Waals surface area contributed by atoms with E-state index < -0.39 is 0 Å². The van der Waals surface area contributed by atoms with Gasteiger partial charge in [-0.15, -0.1) is 0 Å². The molecule has 1 unspecified atom stereocenters. The molecule has 0 bridgehead atoms. The molecular weight excluding hydrogens is 157 g/mol. The molecule has 1 atom stereocenters. The molecule has 0 fully saturated rings. The third-order valence-corrected chi connectivity index (χ3v) is 2.31. The fourth-order valence-corrected chi connectivity index (χ4v) is 1.09. The van der Waals surface area contributed by atoms with Gasteiger partial charge in [0, 0.05) is 12.1 Å². The Morgan fingerprint density at radius 2 is 2.17 bits per heavy atom. The maximum atomic E-state index is 11.8. The van der Waals surface area contributed by atoms with Crippen molar-refractivity contribution in [3.63, 3.8) is 0 Å². The normalized spacial score (nSPS) is 16.0. The molecule has 2 N–H and O–H groups in total. The molecule has 0 saturated heterocycles. The van der Waals surface area contributed by atoms with E-state index >= 15 is 0 Å². The summed E-state index contributed by atoms with van der Waals surface area (Å²) in [6, 6.07) is 0. The van der Waals surface area contributed by atoms with Gasteiger partial charge in [0.25, 0.3) is 0 Å². The number of hydrogen-bond acceptors (Lipinski definition) is 2. The molecule has 0 radical (unpaired) electrons. The zero-order valence-electron chi connectivity index (χ0n) is 8.07. The molecule has 0 aromatic carbocycles. The molecule has 74 valence electrons. The van der Waals surface area contributed by atoms with E-state index in [0.29, 0.717) is 13.0 Å². The van der Waals surface area contributed by atoms with Gasteiger partial charge in [-0.3, -0.25) is 4.39 Å². The monoisotopic (exact) mass is 177 g/mol. The zero-order valence-corrected chi connectivity index (χ0v) is 8.07. The van der Waals surface area contributed by atoms with Crippen LogP contribution < -0.4 is 5.32 Å². The first-order valence-corrected chi connectivity index (χ1v) is 4.60. The number of hydrogen-bond donors (Lipinski definition) is 2. The molecule has 12 heavy (non-hydrogen) atoms.